The van der Waals surface area contributed by atoms with Gasteiger partial charge in [0.05, 0.1) is 8.07 Å². The Hall–Kier alpha value is -3.61. The summed E-state index contributed by atoms with van der Waals surface area (Å²) in [5.41, 5.74) is 9.25. The molecular formula is C43H44GeIrN2OSi-2. The maximum atomic E-state index is 6.56. The Balaban J connectivity index is 0.000000233. The molecule has 0 unspecified atom stereocenters. The molecule has 6 heteroatoms. The van der Waals surface area contributed by atoms with E-state index < -0.39 is 21.3 Å². The standard InChI is InChI=1S/C29H28GeNO.C14H16NSi.Ir/c1-19(2)21-16-17-31-27(18-21)26-11-7-10-25-24-9-6-8-23(28(24)32-29(25)26)20-12-14-22(15-13-20)30(3,4)5;1-16(2,3)13-9-10-14(15-11-13)12-7-5-4-6-8-12;/h6-10,12-19H,1-5H3;4-7,9-11H,1-3H3;/q2*-1;. The van der Waals surface area contributed by atoms with Gasteiger partial charge in [-0.25, -0.2) is 0 Å². The molecule has 0 spiro atoms. The second-order valence-electron chi connectivity index (χ2n) is 14.8. The number of rotatable bonds is 6. The smallest absolute Gasteiger partial charge is 0.0795 e. The van der Waals surface area contributed by atoms with Crippen LogP contribution in [0.1, 0.15) is 25.3 Å². The summed E-state index contributed by atoms with van der Waals surface area (Å²) in [6.07, 6.45) is 3.90. The van der Waals surface area contributed by atoms with Gasteiger partial charge in [-0.1, -0.05) is 45.6 Å². The predicted molar refractivity (Wildman–Crippen MR) is 210 cm³/mol. The molecule has 3 aromatic heterocycles. The van der Waals surface area contributed by atoms with Crippen molar-refractivity contribution in [3.05, 3.63) is 133 Å². The monoisotopic (exact) mass is 899 g/mol. The molecule has 0 saturated heterocycles. The number of pyridine rings is 2. The van der Waals surface area contributed by atoms with Gasteiger partial charge in [-0.15, -0.1) is 35.9 Å². The van der Waals surface area contributed by atoms with Gasteiger partial charge in [-0.2, -0.15) is 0 Å². The largest absolute Gasteiger partial charge is 0.305 e. The summed E-state index contributed by atoms with van der Waals surface area (Å²) in [6, 6.07) is 42.6. The molecule has 7 aromatic rings. The van der Waals surface area contributed by atoms with Crippen LogP contribution < -0.4 is 9.58 Å². The van der Waals surface area contributed by atoms with E-state index in [2.05, 4.69) is 146 Å². The zero-order chi connectivity index (χ0) is 34.1. The van der Waals surface area contributed by atoms with Crippen LogP contribution in [0, 0.1) is 12.1 Å². The zero-order valence-corrected chi connectivity index (χ0v) is 35.2. The number of benzene rings is 4. The van der Waals surface area contributed by atoms with Crippen molar-refractivity contribution in [2.24, 2.45) is 0 Å². The maximum absolute atomic E-state index is 6.56. The van der Waals surface area contributed by atoms with E-state index >= 15 is 0 Å². The fraction of sp³-hybridized carbons (Fsp3) is 0.209. The van der Waals surface area contributed by atoms with E-state index in [0.717, 1.165) is 50.0 Å². The second kappa shape index (κ2) is 15.1. The molecule has 0 fully saturated rings. The molecule has 49 heavy (non-hydrogen) atoms. The van der Waals surface area contributed by atoms with Crippen LogP contribution in [0.25, 0.3) is 55.6 Å². The molecular weight excluding hydrogens is 853 g/mol. The van der Waals surface area contributed by atoms with Crippen LogP contribution in [-0.4, -0.2) is 31.3 Å². The van der Waals surface area contributed by atoms with Gasteiger partial charge in [0, 0.05) is 26.3 Å². The fourth-order valence-corrected chi connectivity index (χ4v) is 9.31. The van der Waals surface area contributed by atoms with Crippen molar-refractivity contribution in [2.75, 3.05) is 0 Å². The topological polar surface area (TPSA) is 38.9 Å². The summed E-state index contributed by atoms with van der Waals surface area (Å²) in [5.74, 6) is 7.72. The summed E-state index contributed by atoms with van der Waals surface area (Å²) < 4.78 is 8.07. The molecule has 3 heterocycles. The van der Waals surface area contributed by atoms with Crippen LogP contribution in [0.5, 0.6) is 0 Å². The number of hydrogen-bond donors (Lipinski definition) is 0. The minimum atomic E-state index is -1.84. The van der Waals surface area contributed by atoms with Gasteiger partial charge in [0.1, 0.15) is 0 Å². The zero-order valence-electron chi connectivity index (χ0n) is 29.7. The molecule has 0 amide bonds. The van der Waals surface area contributed by atoms with Gasteiger partial charge in [0.25, 0.3) is 0 Å². The van der Waals surface area contributed by atoms with Crippen molar-refractivity contribution in [3.8, 4) is 33.6 Å². The normalized spacial score (nSPS) is 11.7. The molecule has 0 bridgehead atoms. The number of hydrogen-bond acceptors (Lipinski definition) is 3. The summed E-state index contributed by atoms with van der Waals surface area (Å²) in [7, 11) is -1.23. The Morgan fingerprint density at radius 3 is 2.10 bits per heavy atom. The minimum absolute atomic E-state index is 0. The van der Waals surface area contributed by atoms with Crippen LogP contribution in [0.15, 0.2) is 120 Å². The van der Waals surface area contributed by atoms with Gasteiger partial charge in [0.2, 0.25) is 0 Å². The molecule has 3 nitrogen and oxygen atoms in total. The Morgan fingerprint density at radius 1 is 0.714 bits per heavy atom. The minimum Gasteiger partial charge on any atom is -0.305 e. The SMILES string of the molecule is CC(C)c1ccnc(-c2[c-]ccc3c2oc2c(-c4cc[c]([Ge]([CH3])([CH3])[CH3])cc4)cccc23)c1.C[Si](C)(C)c1ccc(-c2[c-]cccc2)nc1.[Ir]. The van der Waals surface area contributed by atoms with E-state index in [1.165, 1.54) is 20.7 Å². The first-order chi connectivity index (χ1) is 22.9. The van der Waals surface area contributed by atoms with E-state index in [-0.39, 0.29) is 20.1 Å². The first-order valence-corrected chi connectivity index (χ1v) is 27.6. The van der Waals surface area contributed by atoms with E-state index in [0.29, 0.717) is 5.92 Å². The van der Waals surface area contributed by atoms with Crippen molar-refractivity contribution < 1.29 is 24.5 Å². The van der Waals surface area contributed by atoms with E-state index in [9.17, 15) is 0 Å². The number of aromatic nitrogens is 2. The first-order valence-electron chi connectivity index (χ1n) is 16.8. The maximum Gasteiger partial charge on any atom is 0.0795 e. The summed E-state index contributed by atoms with van der Waals surface area (Å²) in [4.78, 5) is 9.16. The number of fused-ring (bicyclic) bond motifs is 3. The van der Waals surface area contributed by atoms with Crippen molar-refractivity contribution in [3.63, 3.8) is 0 Å². The molecule has 0 aliphatic carbocycles. The molecule has 0 saturated carbocycles. The third-order valence-corrected chi connectivity index (χ3v) is 15.2. The van der Waals surface area contributed by atoms with Gasteiger partial charge >= 0.3 is 167 Å². The molecule has 4 aromatic carbocycles. The predicted octanol–water partition coefficient (Wildman–Crippen LogP) is 10.9. The molecule has 0 aliphatic rings. The van der Waals surface area contributed by atoms with Crippen molar-refractivity contribution >= 4 is 52.9 Å². The molecule has 251 valence electrons. The van der Waals surface area contributed by atoms with Gasteiger partial charge in [-0.3, -0.25) is 0 Å². The van der Waals surface area contributed by atoms with Gasteiger partial charge in [-0.05, 0) is 22.9 Å². The molecule has 7 rings (SSSR count). The molecule has 1 radical (unpaired) electrons. The van der Waals surface area contributed by atoms with E-state index in [1.54, 1.807) is 0 Å². The van der Waals surface area contributed by atoms with E-state index in [4.69, 9.17) is 4.42 Å². The number of para-hydroxylation sites is 1. The Bertz CT molecular complexity index is 2160. The molecule has 0 N–H and O–H groups in total. The Kier molecular flexibility index (Phi) is 11.3. The fourth-order valence-electron chi connectivity index (χ4n) is 5.82. The quantitative estimate of drug-likeness (QED) is 0.123. The Morgan fingerprint density at radius 2 is 1.47 bits per heavy atom. The van der Waals surface area contributed by atoms with Gasteiger partial charge in [0.15, 0.2) is 0 Å². The average molecular weight is 898 g/mol. The molecule has 0 aliphatic heterocycles. The molecule has 0 atom stereocenters. The van der Waals surface area contributed by atoms with Crippen LogP contribution in [0.3, 0.4) is 0 Å². The van der Waals surface area contributed by atoms with Crippen LogP contribution in [0.4, 0.5) is 0 Å². The van der Waals surface area contributed by atoms with Crippen molar-refractivity contribution in [1.82, 2.24) is 9.97 Å². The Labute approximate surface area is 309 Å². The summed E-state index contributed by atoms with van der Waals surface area (Å²) in [5, 5.41) is 3.63. The van der Waals surface area contributed by atoms with Crippen molar-refractivity contribution in [1.29, 1.82) is 0 Å². The first kappa shape index (κ1) is 36.7. The van der Waals surface area contributed by atoms with Crippen molar-refractivity contribution in [2.45, 2.75) is 56.7 Å². The third-order valence-electron chi connectivity index (χ3n) is 8.84. The van der Waals surface area contributed by atoms with Crippen LogP contribution in [-0.2, 0) is 20.1 Å². The second-order valence-corrected chi connectivity index (χ2v) is 30.5. The van der Waals surface area contributed by atoms with Crippen LogP contribution >= 0.6 is 0 Å². The van der Waals surface area contributed by atoms with Crippen LogP contribution in [0.2, 0.25) is 36.9 Å². The van der Waals surface area contributed by atoms with Gasteiger partial charge < -0.3 is 4.98 Å². The van der Waals surface area contributed by atoms with E-state index in [1.807, 2.05) is 42.7 Å². The summed E-state index contributed by atoms with van der Waals surface area (Å²) >= 11 is -1.84. The number of furan rings is 1. The summed E-state index contributed by atoms with van der Waals surface area (Å²) in [6.45, 7) is 11.4. The third kappa shape index (κ3) is 8.24. The average Bonchev–Trinajstić information content (AvgIpc) is 3.48. The number of nitrogens with zero attached hydrogens (tertiary/aromatic N) is 2.